The van der Waals surface area contributed by atoms with Crippen molar-refractivity contribution < 1.29 is 9.59 Å². The molecule has 5 nitrogen and oxygen atoms in total. The molecular weight excluding hydrogens is 326 g/mol. The highest BCUT2D eigenvalue weighted by Crippen LogP contribution is 2.40. The van der Waals surface area contributed by atoms with Gasteiger partial charge in [0.25, 0.3) is 0 Å². The first kappa shape index (κ1) is 17.1. The van der Waals surface area contributed by atoms with Gasteiger partial charge in [0, 0.05) is 24.7 Å². The molecule has 3 amide bonds. The fraction of sp³-hybridized carbons (Fsp3) is 0.556. The van der Waals surface area contributed by atoms with E-state index in [-0.39, 0.29) is 18.0 Å². The van der Waals surface area contributed by atoms with E-state index < -0.39 is 0 Å². The minimum absolute atomic E-state index is 0.0777. The number of nitrogens with one attached hydrogen (secondary N) is 2. The van der Waals surface area contributed by atoms with Crippen LogP contribution in [0.25, 0.3) is 0 Å². The van der Waals surface area contributed by atoms with Crippen LogP contribution in [0.15, 0.2) is 18.2 Å². The van der Waals surface area contributed by atoms with Crippen LogP contribution in [0.5, 0.6) is 0 Å². The third-order valence-electron chi connectivity index (χ3n) is 5.11. The van der Waals surface area contributed by atoms with Crippen molar-refractivity contribution in [3.8, 4) is 0 Å². The molecule has 0 bridgehead atoms. The quantitative estimate of drug-likeness (QED) is 0.826. The fourth-order valence-electron chi connectivity index (χ4n) is 4.14. The summed E-state index contributed by atoms with van der Waals surface area (Å²) in [5.74, 6) is 0.481. The van der Waals surface area contributed by atoms with Crippen LogP contribution in [0.3, 0.4) is 0 Å². The Hall–Kier alpha value is -1.75. The molecule has 2 fully saturated rings. The average Bonchev–Trinajstić information content (AvgIpc) is 2.85. The highest BCUT2D eigenvalue weighted by Gasteiger charge is 2.42. The third kappa shape index (κ3) is 3.51. The van der Waals surface area contributed by atoms with Crippen LogP contribution >= 0.6 is 11.6 Å². The zero-order valence-corrected chi connectivity index (χ0v) is 14.9. The van der Waals surface area contributed by atoms with E-state index in [1.54, 1.807) is 18.2 Å². The molecule has 2 N–H and O–H groups in total. The molecule has 1 aromatic carbocycles. The van der Waals surface area contributed by atoms with Crippen molar-refractivity contribution in [3.63, 3.8) is 0 Å². The standard InChI is InChI=1S/C18H24ClN3O2/c1-11-9-13-5-3-4-6-17(13)22(11)18(24)21-16-8-7-14(10-15(16)19)20-12(2)23/h7-8,10-11,13,17H,3-6,9H2,1-2H3,(H,20,23)(H,21,24). The Morgan fingerprint density at radius 3 is 2.67 bits per heavy atom. The van der Waals surface area contributed by atoms with Crippen LogP contribution in [0.4, 0.5) is 16.2 Å². The molecule has 3 atom stereocenters. The first-order valence-corrected chi connectivity index (χ1v) is 9.00. The predicted octanol–water partition coefficient (Wildman–Crippen LogP) is 4.48. The zero-order chi connectivity index (χ0) is 17.3. The van der Waals surface area contributed by atoms with Crippen molar-refractivity contribution in [1.82, 2.24) is 4.90 Å². The normalized spacial score (nSPS) is 26.0. The van der Waals surface area contributed by atoms with E-state index in [0.29, 0.717) is 28.4 Å². The van der Waals surface area contributed by atoms with Gasteiger partial charge in [0.2, 0.25) is 5.91 Å². The van der Waals surface area contributed by atoms with Gasteiger partial charge >= 0.3 is 6.03 Å². The second-order valence-corrected chi connectivity index (χ2v) is 7.32. The van der Waals surface area contributed by atoms with E-state index in [1.165, 1.54) is 26.2 Å². The van der Waals surface area contributed by atoms with Crippen molar-refractivity contribution in [1.29, 1.82) is 0 Å². The molecule has 1 heterocycles. The van der Waals surface area contributed by atoms with Crippen LogP contribution in [-0.2, 0) is 4.79 Å². The number of nitrogens with zero attached hydrogens (tertiary/aromatic N) is 1. The summed E-state index contributed by atoms with van der Waals surface area (Å²) in [4.78, 5) is 25.9. The Balaban J connectivity index is 1.71. The van der Waals surface area contributed by atoms with Crippen LogP contribution in [-0.4, -0.2) is 28.9 Å². The SMILES string of the molecule is CC(=O)Nc1ccc(NC(=O)N2C(C)CC3CCCCC32)c(Cl)c1. The van der Waals surface area contributed by atoms with Crippen molar-refractivity contribution in [3.05, 3.63) is 23.2 Å². The molecule has 6 heteroatoms. The van der Waals surface area contributed by atoms with Crippen LogP contribution < -0.4 is 10.6 Å². The average molecular weight is 350 g/mol. The lowest BCUT2D eigenvalue weighted by atomic mass is 9.85. The molecule has 0 radical (unpaired) electrons. The van der Waals surface area contributed by atoms with Crippen molar-refractivity contribution in [2.75, 3.05) is 10.6 Å². The number of hydrogen-bond donors (Lipinski definition) is 2. The number of amides is 3. The number of halogens is 1. The van der Waals surface area contributed by atoms with Crippen LogP contribution in [0, 0.1) is 5.92 Å². The highest BCUT2D eigenvalue weighted by atomic mass is 35.5. The van der Waals surface area contributed by atoms with Gasteiger partial charge < -0.3 is 15.5 Å². The topological polar surface area (TPSA) is 61.4 Å². The lowest BCUT2D eigenvalue weighted by Gasteiger charge is -2.33. The monoisotopic (exact) mass is 349 g/mol. The molecule has 24 heavy (non-hydrogen) atoms. The van der Waals surface area contributed by atoms with Gasteiger partial charge in [-0.05, 0) is 50.3 Å². The fourth-order valence-corrected chi connectivity index (χ4v) is 4.36. The molecule has 130 valence electrons. The van der Waals surface area contributed by atoms with E-state index in [2.05, 4.69) is 17.6 Å². The van der Waals surface area contributed by atoms with Gasteiger partial charge in [-0.2, -0.15) is 0 Å². The number of likely N-dealkylation sites (tertiary alicyclic amines) is 1. The van der Waals surface area contributed by atoms with Gasteiger partial charge in [-0.25, -0.2) is 4.79 Å². The van der Waals surface area contributed by atoms with Gasteiger partial charge in [0.15, 0.2) is 0 Å². The van der Waals surface area contributed by atoms with E-state index in [4.69, 9.17) is 11.6 Å². The molecule has 1 aromatic rings. The Morgan fingerprint density at radius 1 is 1.21 bits per heavy atom. The number of urea groups is 1. The third-order valence-corrected chi connectivity index (χ3v) is 5.42. The Labute approximate surface area is 147 Å². The summed E-state index contributed by atoms with van der Waals surface area (Å²) in [7, 11) is 0. The lowest BCUT2D eigenvalue weighted by Crippen LogP contribution is -2.44. The lowest BCUT2D eigenvalue weighted by molar-refractivity contribution is -0.114. The molecule has 1 saturated heterocycles. The number of carbonyl (C=O) groups is 2. The van der Waals surface area contributed by atoms with Crippen molar-refractivity contribution in [2.45, 2.75) is 58.0 Å². The predicted molar refractivity (Wildman–Crippen MR) is 96.4 cm³/mol. The molecule has 3 rings (SSSR count). The number of carbonyl (C=O) groups excluding carboxylic acids is 2. The molecule has 1 aliphatic carbocycles. The van der Waals surface area contributed by atoms with E-state index >= 15 is 0 Å². The maximum atomic E-state index is 12.8. The van der Waals surface area contributed by atoms with Gasteiger partial charge in [-0.3, -0.25) is 4.79 Å². The Morgan fingerprint density at radius 2 is 1.96 bits per heavy atom. The smallest absolute Gasteiger partial charge is 0.322 e. The minimum atomic E-state index is -0.155. The largest absolute Gasteiger partial charge is 0.326 e. The van der Waals surface area contributed by atoms with E-state index in [9.17, 15) is 9.59 Å². The summed E-state index contributed by atoms with van der Waals surface area (Å²) in [5, 5.41) is 6.04. The summed E-state index contributed by atoms with van der Waals surface area (Å²) in [6, 6.07) is 5.65. The van der Waals surface area contributed by atoms with Crippen LogP contribution in [0.1, 0.15) is 46.0 Å². The van der Waals surface area contributed by atoms with Crippen molar-refractivity contribution >= 4 is 34.9 Å². The molecule has 0 aromatic heterocycles. The first-order chi connectivity index (χ1) is 11.5. The second kappa shape index (κ2) is 7.01. The molecule has 2 aliphatic rings. The maximum absolute atomic E-state index is 12.8. The molecular formula is C18H24ClN3O2. The zero-order valence-electron chi connectivity index (χ0n) is 14.1. The summed E-state index contributed by atoms with van der Waals surface area (Å²) in [5.41, 5.74) is 1.19. The Kier molecular flexibility index (Phi) is 4.99. The second-order valence-electron chi connectivity index (χ2n) is 6.91. The summed E-state index contributed by atoms with van der Waals surface area (Å²) in [6.07, 6.45) is 5.89. The number of anilines is 2. The van der Waals surface area contributed by atoms with Gasteiger partial charge in [-0.15, -0.1) is 0 Å². The van der Waals surface area contributed by atoms with Gasteiger partial charge in [0.05, 0.1) is 10.7 Å². The molecule has 1 saturated carbocycles. The number of hydrogen-bond acceptors (Lipinski definition) is 2. The van der Waals surface area contributed by atoms with Gasteiger partial charge in [0.1, 0.15) is 0 Å². The number of rotatable bonds is 2. The van der Waals surface area contributed by atoms with Crippen molar-refractivity contribution in [2.24, 2.45) is 5.92 Å². The Bertz CT molecular complexity index is 649. The number of fused-ring (bicyclic) bond motifs is 1. The summed E-state index contributed by atoms with van der Waals surface area (Å²) in [6.45, 7) is 3.57. The highest BCUT2D eigenvalue weighted by molar-refractivity contribution is 6.34. The maximum Gasteiger partial charge on any atom is 0.322 e. The molecule has 1 aliphatic heterocycles. The first-order valence-electron chi connectivity index (χ1n) is 8.62. The van der Waals surface area contributed by atoms with E-state index in [0.717, 1.165) is 12.8 Å². The van der Waals surface area contributed by atoms with E-state index in [1.807, 2.05) is 4.90 Å². The van der Waals surface area contributed by atoms with Gasteiger partial charge in [-0.1, -0.05) is 24.4 Å². The number of benzene rings is 1. The summed E-state index contributed by atoms with van der Waals surface area (Å²) >= 11 is 6.25. The summed E-state index contributed by atoms with van der Waals surface area (Å²) < 4.78 is 0. The minimum Gasteiger partial charge on any atom is -0.326 e. The van der Waals surface area contributed by atoms with Crippen LogP contribution in [0.2, 0.25) is 5.02 Å². The molecule has 0 spiro atoms. The molecule has 3 unspecified atom stereocenters.